The van der Waals surface area contributed by atoms with Gasteiger partial charge in [-0.2, -0.15) is 0 Å². The van der Waals surface area contributed by atoms with E-state index in [9.17, 15) is 13.2 Å². The molecule has 2 heterocycles. The molecule has 0 aliphatic carbocycles. The van der Waals surface area contributed by atoms with Crippen molar-refractivity contribution in [1.82, 2.24) is 14.5 Å². The van der Waals surface area contributed by atoms with E-state index in [0.29, 0.717) is 12.8 Å². The van der Waals surface area contributed by atoms with Crippen molar-refractivity contribution in [3.8, 4) is 0 Å². The molecule has 152 valence electrons. The van der Waals surface area contributed by atoms with Crippen LogP contribution in [0.15, 0.2) is 41.3 Å². The number of halogens is 1. The van der Waals surface area contributed by atoms with Gasteiger partial charge in [-0.15, -0.1) is 11.3 Å². The molecule has 0 saturated carbocycles. The Kier molecular flexibility index (Phi) is 7.11. The zero-order valence-electron chi connectivity index (χ0n) is 15.7. The van der Waals surface area contributed by atoms with Gasteiger partial charge >= 0.3 is 0 Å². The normalized spacial score (nSPS) is 15.7. The van der Waals surface area contributed by atoms with Gasteiger partial charge in [-0.05, 0) is 43.3 Å². The van der Waals surface area contributed by atoms with Crippen LogP contribution in [0.3, 0.4) is 0 Å². The first kappa shape index (κ1) is 21.3. The topological polar surface area (TPSA) is 69.7 Å². The Morgan fingerprint density at radius 2 is 1.79 bits per heavy atom. The molecule has 1 aromatic heterocycles. The Balaban J connectivity index is 1.44. The van der Waals surface area contributed by atoms with Crippen LogP contribution in [0.25, 0.3) is 0 Å². The monoisotopic (exact) mass is 441 g/mol. The number of nitrogens with zero attached hydrogens (tertiary/aromatic N) is 2. The number of hydrogen-bond acceptors (Lipinski definition) is 5. The number of rotatable bonds is 7. The number of amides is 1. The predicted molar refractivity (Wildman–Crippen MR) is 112 cm³/mol. The van der Waals surface area contributed by atoms with E-state index < -0.39 is 10.0 Å². The van der Waals surface area contributed by atoms with Crippen LogP contribution in [-0.2, 0) is 27.8 Å². The number of hydrogen-bond donors (Lipinski definition) is 1. The van der Waals surface area contributed by atoms with E-state index >= 15 is 0 Å². The zero-order valence-corrected chi connectivity index (χ0v) is 18.1. The third-order valence-corrected chi connectivity index (χ3v) is 7.51. The molecule has 0 radical (unpaired) electrons. The van der Waals surface area contributed by atoms with Crippen LogP contribution in [-0.4, -0.2) is 57.4 Å². The quantitative estimate of drug-likeness (QED) is 0.717. The molecule has 1 aliphatic rings. The molecule has 0 unspecified atom stereocenters. The molecule has 1 N–H and O–H groups in total. The molecule has 2 aromatic rings. The number of aryl methyl sites for hydroxylation is 1. The zero-order chi connectivity index (χ0) is 20.1. The first-order valence-corrected chi connectivity index (χ1v) is 11.8. The molecule has 3 rings (SSSR count). The standard InChI is InChI=1S/C19H24ClN3O3S2/c1-21-28(25,26)17-6-2-15(3-7-17)4-9-19(24)23-12-10-22(11-13-23)14-16-5-8-18(20)27-16/h2-3,5-8,21H,4,9-14H2,1H3. The van der Waals surface area contributed by atoms with E-state index in [4.69, 9.17) is 11.6 Å². The minimum atomic E-state index is -3.43. The summed E-state index contributed by atoms with van der Waals surface area (Å²) in [6.45, 7) is 4.06. The highest BCUT2D eigenvalue weighted by Gasteiger charge is 2.21. The fourth-order valence-corrected chi connectivity index (χ4v) is 5.04. The molecular weight excluding hydrogens is 418 g/mol. The number of piperazine rings is 1. The van der Waals surface area contributed by atoms with Crippen molar-refractivity contribution in [2.45, 2.75) is 24.3 Å². The second-order valence-corrected chi connectivity index (χ2v) is 10.4. The maximum Gasteiger partial charge on any atom is 0.240 e. The number of carbonyl (C=O) groups excluding carboxylic acids is 1. The Morgan fingerprint density at radius 1 is 1.11 bits per heavy atom. The average molecular weight is 442 g/mol. The first-order chi connectivity index (χ1) is 13.4. The average Bonchev–Trinajstić information content (AvgIpc) is 3.11. The van der Waals surface area contributed by atoms with Crippen LogP contribution < -0.4 is 4.72 Å². The second kappa shape index (κ2) is 9.37. The Morgan fingerprint density at radius 3 is 2.36 bits per heavy atom. The van der Waals surface area contributed by atoms with E-state index in [1.165, 1.54) is 11.9 Å². The maximum absolute atomic E-state index is 12.5. The molecule has 0 spiro atoms. The summed E-state index contributed by atoms with van der Waals surface area (Å²) in [6, 6.07) is 10.6. The van der Waals surface area contributed by atoms with E-state index in [0.717, 1.165) is 42.6 Å². The first-order valence-electron chi connectivity index (χ1n) is 9.14. The van der Waals surface area contributed by atoms with Gasteiger partial charge in [0.2, 0.25) is 15.9 Å². The second-order valence-electron chi connectivity index (χ2n) is 6.71. The van der Waals surface area contributed by atoms with Crippen LogP contribution in [0.4, 0.5) is 0 Å². The van der Waals surface area contributed by atoms with Crippen molar-refractivity contribution in [3.05, 3.63) is 51.2 Å². The van der Waals surface area contributed by atoms with Crippen molar-refractivity contribution in [3.63, 3.8) is 0 Å². The van der Waals surface area contributed by atoms with E-state index in [1.54, 1.807) is 35.6 Å². The summed E-state index contributed by atoms with van der Waals surface area (Å²) >= 11 is 7.58. The molecule has 1 saturated heterocycles. The number of sulfonamides is 1. The lowest BCUT2D eigenvalue weighted by Gasteiger charge is -2.34. The van der Waals surface area contributed by atoms with Gasteiger partial charge in [-0.1, -0.05) is 23.7 Å². The fourth-order valence-electron chi connectivity index (χ4n) is 3.18. The highest BCUT2D eigenvalue weighted by atomic mass is 35.5. The summed E-state index contributed by atoms with van der Waals surface area (Å²) in [7, 11) is -2.04. The molecule has 0 atom stereocenters. The molecule has 1 fully saturated rings. The number of nitrogens with one attached hydrogen (secondary N) is 1. The molecule has 1 aromatic carbocycles. The summed E-state index contributed by atoms with van der Waals surface area (Å²) in [5, 5.41) is 0. The molecule has 1 aliphatic heterocycles. The molecule has 6 nitrogen and oxygen atoms in total. The van der Waals surface area contributed by atoms with Crippen molar-refractivity contribution >= 4 is 38.9 Å². The van der Waals surface area contributed by atoms with E-state index in [-0.39, 0.29) is 10.8 Å². The lowest BCUT2D eigenvalue weighted by Crippen LogP contribution is -2.48. The van der Waals surface area contributed by atoms with Crippen LogP contribution in [0.5, 0.6) is 0 Å². The van der Waals surface area contributed by atoms with Gasteiger partial charge in [-0.25, -0.2) is 13.1 Å². The summed E-state index contributed by atoms with van der Waals surface area (Å²) < 4.78 is 26.6. The number of thiophene rings is 1. The van der Waals surface area contributed by atoms with Crippen molar-refractivity contribution < 1.29 is 13.2 Å². The molecule has 28 heavy (non-hydrogen) atoms. The maximum atomic E-state index is 12.5. The van der Waals surface area contributed by atoms with Crippen molar-refractivity contribution in [1.29, 1.82) is 0 Å². The van der Waals surface area contributed by atoms with Crippen molar-refractivity contribution in [2.75, 3.05) is 33.2 Å². The highest BCUT2D eigenvalue weighted by molar-refractivity contribution is 7.89. The lowest BCUT2D eigenvalue weighted by molar-refractivity contribution is -0.132. The van der Waals surface area contributed by atoms with Crippen LogP contribution in [0.2, 0.25) is 4.34 Å². The summed E-state index contributed by atoms with van der Waals surface area (Å²) in [5.74, 6) is 0.144. The van der Waals surface area contributed by atoms with Gasteiger partial charge in [0, 0.05) is 44.0 Å². The molecule has 0 bridgehead atoms. The summed E-state index contributed by atoms with van der Waals surface area (Å²) in [4.78, 5) is 18.2. The van der Waals surface area contributed by atoms with Crippen LogP contribution >= 0.6 is 22.9 Å². The molecule has 9 heteroatoms. The Labute approximate surface area is 175 Å². The number of carbonyl (C=O) groups is 1. The van der Waals surface area contributed by atoms with Gasteiger partial charge in [0.25, 0.3) is 0 Å². The third kappa shape index (κ3) is 5.55. The minimum absolute atomic E-state index is 0.144. The molecular formula is C19H24ClN3O3S2. The van der Waals surface area contributed by atoms with Gasteiger partial charge in [-0.3, -0.25) is 9.69 Å². The van der Waals surface area contributed by atoms with Gasteiger partial charge in [0.1, 0.15) is 0 Å². The van der Waals surface area contributed by atoms with Gasteiger partial charge < -0.3 is 4.90 Å². The smallest absolute Gasteiger partial charge is 0.240 e. The highest BCUT2D eigenvalue weighted by Crippen LogP contribution is 2.23. The van der Waals surface area contributed by atoms with E-state index in [2.05, 4.69) is 15.7 Å². The predicted octanol–water partition coefficient (Wildman–Crippen LogP) is 2.59. The van der Waals surface area contributed by atoms with Crippen LogP contribution in [0.1, 0.15) is 16.9 Å². The SMILES string of the molecule is CNS(=O)(=O)c1ccc(CCC(=O)N2CCN(Cc3ccc(Cl)s3)CC2)cc1. The van der Waals surface area contributed by atoms with Crippen LogP contribution in [0, 0.1) is 0 Å². The van der Waals surface area contributed by atoms with Gasteiger partial charge in [0.05, 0.1) is 9.23 Å². The largest absolute Gasteiger partial charge is 0.340 e. The Hall–Kier alpha value is -1.45. The minimum Gasteiger partial charge on any atom is -0.340 e. The Bertz CT molecular complexity index is 905. The van der Waals surface area contributed by atoms with Crippen molar-refractivity contribution in [2.24, 2.45) is 0 Å². The fraction of sp³-hybridized carbons (Fsp3) is 0.421. The van der Waals surface area contributed by atoms with E-state index in [1.807, 2.05) is 11.0 Å². The molecule has 1 amide bonds. The number of benzene rings is 1. The summed E-state index contributed by atoms with van der Waals surface area (Å²) in [6.07, 6.45) is 1.03. The van der Waals surface area contributed by atoms with Gasteiger partial charge in [0.15, 0.2) is 0 Å². The third-order valence-electron chi connectivity index (χ3n) is 4.86. The summed E-state index contributed by atoms with van der Waals surface area (Å²) in [5.41, 5.74) is 0.955. The lowest BCUT2D eigenvalue weighted by atomic mass is 10.1.